The Kier molecular flexibility index (Phi) is 3.38. The molecule has 0 aromatic heterocycles. The van der Waals surface area contributed by atoms with Crippen LogP contribution in [-0.2, 0) is 4.79 Å². The molecule has 1 saturated heterocycles. The second kappa shape index (κ2) is 4.81. The summed E-state index contributed by atoms with van der Waals surface area (Å²) in [5.41, 5.74) is 0.00624. The van der Waals surface area contributed by atoms with Gasteiger partial charge in [-0.3, -0.25) is 14.9 Å². The molecule has 0 aliphatic carbocycles. The number of nitro benzene ring substituents is 1. The summed E-state index contributed by atoms with van der Waals surface area (Å²) in [5, 5.41) is 20.1. The van der Waals surface area contributed by atoms with Crippen molar-refractivity contribution in [3.05, 3.63) is 28.3 Å². The lowest BCUT2D eigenvalue weighted by atomic mass is 10.1. The first kappa shape index (κ1) is 12.6. The number of phenolic OH excluding ortho intramolecular Hbond substituents is 1. The standard InChI is InChI=1S/C11H11ClN2O4/c12-5-7-3-11(16)13(6-7)8-1-2-10(15)9(4-8)14(17)18/h1-2,4,7,15H,3,5-6H2. The van der Waals surface area contributed by atoms with Crippen molar-refractivity contribution in [1.82, 2.24) is 0 Å². The van der Waals surface area contributed by atoms with Gasteiger partial charge in [-0.1, -0.05) is 0 Å². The molecule has 1 fully saturated rings. The fourth-order valence-corrected chi connectivity index (χ4v) is 2.17. The molecule has 0 spiro atoms. The van der Waals surface area contributed by atoms with Gasteiger partial charge >= 0.3 is 5.69 Å². The number of carbonyl (C=O) groups is 1. The van der Waals surface area contributed by atoms with Crippen molar-refractivity contribution in [1.29, 1.82) is 0 Å². The van der Waals surface area contributed by atoms with E-state index in [1.165, 1.54) is 23.1 Å². The van der Waals surface area contributed by atoms with Crippen LogP contribution in [-0.4, -0.2) is 28.4 Å². The lowest BCUT2D eigenvalue weighted by molar-refractivity contribution is -0.385. The minimum absolute atomic E-state index is 0.0621. The summed E-state index contributed by atoms with van der Waals surface area (Å²) in [6, 6.07) is 3.90. The van der Waals surface area contributed by atoms with Gasteiger partial charge in [0.1, 0.15) is 0 Å². The fraction of sp³-hybridized carbons (Fsp3) is 0.364. The summed E-state index contributed by atoms with van der Waals surface area (Å²) in [7, 11) is 0. The van der Waals surface area contributed by atoms with Crippen LogP contribution in [0, 0.1) is 16.0 Å². The Morgan fingerprint density at radius 1 is 1.56 bits per heavy atom. The number of benzene rings is 1. The highest BCUT2D eigenvalue weighted by atomic mass is 35.5. The van der Waals surface area contributed by atoms with Crippen LogP contribution < -0.4 is 4.90 Å². The molecular weight excluding hydrogens is 260 g/mol. The zero-order valence-electron chi connectivity index (χ0n) is 9.38. The van der Waals surface area contributed by atoms with E-state index >= 15 is 0 Å². The number of nitro groups is 1. The Bertz CT molecular complexity index is 506. The summed E-state index contributed by atoms with van der Waals surface area (Å²) >= 11 is 5.71. The molecule has 0 radical (unpaired) electrons. The highest BCUT2D eigenvalue weighted by Gasteiger charge is 2.31. The molecule has 2 rings (SSSR count). The molecule has 0 bridgehead atoms. The maximum Gasteiger partial charge on any atom is 0.312 e. The van der Waals surface area contributed by atoms with Gasteiger partial charge < -0.3 is 10.0 Å². The van der Waals surface area contributed by atoms with Gasteiger partial charge in [0, 0.05) is 24.9 Å². The Balaban J connectivity index is 2.32. The van der Waals surface area contributed by atoms with E-state index < -0.39 is 16.4 Å². The number of halogens is 1. The topological polar surface area (TPSA) is 83.7 Å². The second-order valence-corrected chi connectivity index (χ2v) is 4.47. The van der Waals surface area contributed by atoms with Gasteiger partial charge in [0.05, 0.1) is 10.6 Å². The lowest BCUT2D eigenvalue weighted by Crippen LogP contribution is -2.24. The molecule has 1 amide bonds. The lowest BCUT2D eigenvalue weighted by Gasteiger charge is -2.16. The molecule has 96 valence electrons. The van der Waals surface area contributed by atoms with Crippen molar-refractivity contribution in [3.8, 4) is 5.75 Å². The molecule has 1 aromatic carbocycles. The first-order chi connectivity index (χ1) is 8.52. The molecule has 7 heteroatoms. The van der Waals surface area contributed by atoms with Crippen molar-refractivity contribution < 1.29 is 14.8 Å². The Morgan fingerprint density at radius 3 is 2.83 bits per heavy atom. The summed E-state index contributed by atoms with van der Waals surface area (Å²) in [5.74, 6) is -0.0838. The predicted molar refractivity (Wildman–Crippen MR) is 65.9 cm³/mol. The summed E-state index contributed by atoms with van der Waals surface area (Å²) < 4.78 is 0. The van der Waals surface area contributed by atoms with E-state index in [0.717, 1.165) is 0 Å². The van der Waals surface area contributed by atoms with E-state index in [2.05, 4.69) is 0 Å². The SMILES string of the molecule is O=C1CC(CCl)CN1c1ccc(O)c([N+](=O)[O-])c1. The number of carbonyl (C=O) groups excluding carboxylic acids is 1. The van der Waals surface area contributed by atoms with Crippen molar-refractivity contribution in [2.24, 2.45) is 5.92 Å². The number of hydrogen-bond acceptors (Lipinski definition) is 4. The number of aromatic hydroxyl groups is 1. The largest absolute Gasteiger partial charge is 0.502 e. The fourth-order valence-electron chi connectivity index (χ4n) is 1.96. The number of amides is 1. The molecular formula is C11H11ClN2O4. The van der Waals surface area contributed by atoms with Crippen molar-refractivity contribution in [2.75, 3.05) is 17.3 Å². The third kappa shape index (κ3) is 2.24. The highest BCUT2D eigenvalue weighted by Crippen LogP contribution is 2.33. The molecule has 1 atom stereocenters. The van der Waals surface area contributed by atoms with E-state index in [9.17, 15) is 20.0 Å². The third-order valence-corrected chi connectivity index (χ3v) is 3.33. The first-order valence-electron chi connectivity index (χ1n) is 5.36. The predicted octanol–water partition coefficient (Wildman–Crippen LogP) is 1.89. The van der Waals surface area contributed by atoms with Crippen LogP contribution in [0.1, 0.15) is 6.42 Å². The van der Waals surface area contributed by atoms with E-state index in [4.69, 9.17) is 11.6 Å². The van der Waals surface area contributed by atoms with Crippen LogP contribution in [0.3, 0.4) is 0 Å². The summed E-state index contributed by atoms with van der Waals surface area (Å²) in [6.45, 7) is 0.449. The van der Waals surface area contributed by atoms with Crippen molar-refractivity contribution in [2.45, 2.75) is 6.42 Å². The van der Waals surface area contributed by atoms with E-state index in [1.54, 1.807) is 0 Å². The number of alkyl halides is 1. The number of anilines is 1. The van der Waals surface area contributed by atoms with Gasteiger partial charge in [0.2, 0.25) is 5.91 Å². The average molecular weight is 271 g/mol. The van der Waals surface area contributed by atoms with Gasteiger partial charge in [0.25, 0.3) is 0 Å². The minimum atomic E-state index is -0.682. The van der Waals surface area contributed by atoms with E-state index in [0.29, 0.717) is 24.5 Å². The van der Waals surface area contributed by atoms with E-state index in [-0.39, 0.29) is 11.8 Å². The second-order valence-electron chi connectivity index (χ2n) is 4.16. The zero-order chi connectivity index (χ0) is 13.3. The Morgan fingerprint density at radius 2 is 2.28 bits per heavy atom. The van der Waals surface area contributed by atoms with Crippen molar-refractivity contribution in [3.63, 3.8) is 0 Å². The van der Waals surface area contributed by atoms with Crippen LogP contribution in [0.15, 0.2) is 18.2 Å². The Hall–Kier alpha value is -1.82. The zero-order valence-corrected chi connectivity index (χ0v) is 10.1. The molecule has 18 heavy (non-hydrogen) atoms. The maximum absolute atomic E-state index is 11.7. The van der Waals surface area contributed by atoms with Gasteiger partial charge in [0.15, 0.2) is 5.75 Å². The molecule has 1 aromatic rings. The normalized spacial score (nSPS) is 19.3. The minimum Gasteiger partial charge on any atom is -0.502 e. The highest BCUT2D eigenvalue weighted by molar-refractivity contribution is 6.18. The van der Waals surface area contributed by atoms with Gasteiger partial charge in [-0.05, 0) is 18.1 Å². The Labute approximate surface area is 108 Å². The van der Waals surface area contributed by atoms with Gasteiger partial charge in [-0.25, -0.2) is 0 Å². The molecule has 1 N–H and O–H groups in total. The molecule has 1 unspecified atom stereocenters. The number of nitrogens with zero attached hydrogens (tertiary/aromatic N) is 2. The first-order valence-corrected chi connectivity index (χ1v) is 5.90. The van der Waals surface area contributed by atoms with E-state index in [1.807, 2.05) is 0 Å². The van der Waals surface area contributed by atoms with Crippen LogP contribution >= 0.6 is 11.6 Å². The average Bonchev–Trinajstić information content (AvgIpc) is 2.71. The molecule has 1 heterocycles. The van der Waals surface area contributed by atoms with Gasteiger partial charge in [-0.15, -0.1) is 11.6 Å². The number of phenols is 1. The third-order valence-electron chi connectivity index (χ3n) is 2.89. The summed E-state index contributed by atoms with van der Waals surface area (Å²) in [6.07, 6.45) is 0.345. The number of hydrogen-bond donors (Lipinski definition) is 1. The van der Waals surface area contributed by atoms with Crippen LogP contribution in [0.4, 0.5) is 11.4 Å². The molecule has 1 aliphatic rings. The summed E-state index contributed by atoms with van der Waals surface area (Å²) in [4.78, 5) is 23.2. The quantitative estimate of drug-likeness (QED) is 0.516. The molecule has 1 aliphatic heterocycles. The van der Waals surface area contributed by atoms with Crippen LogP contribution in [0.2, 0.25) is 0 Å². The smallest absolute Gasteiger partial charge is 0.312 e. The maximum atomic E-state index is 11.7. The monoisotopic (exact) mass is 270 g/mol. The van der Waals surface area contributed by atoms with Crippen LogP contribution in [0.25, 0.3) is 0 Å². The van der Waals surface area contributed by atoms with Gasteiger partial charge in [-0.2, -0.15) is 0 Å². The molecule has 0 saturated carbocycles. The van der Waals surface area contributed by atoms with Crippen LogP contribution in [0.5, 0.6) is 5.75 Å². The van der Waals surface area contributed by atoms with Crippen molar-refractivity contribution >= 4 is 28.9 Å². The molecule has 6 nitrogen and oxygen atoms in total. The number of rotatable bonds is 3.